The first kappa shape index (κ1) is 16.2. The lowest BCUT2D eigenvalue weighted by Gasteiger charge is -2.12. The second-order valence-corrected chi connectivity index (χ2v) is 6.54. The molecule has 0 unspecified atom stereocenters. The van der Waals surface area contributed by atoms with Crippen LogP contribution >= 0.6 is 50.1 Å². The summed E-state index contributed by atoms with van der Waals surface area (Å²) in [6, 6.07) is 3.36. The molecule has 0 amide bonds. The summed E-state index contributed by atoms with van der Waals surface area (Å²) < 4.78 is 25.9. The molecule has 1 atom stereocenters. The molecule has 0 aliphatic heterocycles. The molecule has 0 spiro atoms. The van der Waals surface area contributed by atoms with E-state index in [1.165, 1.54) is 0 Å². The van der Waals surface area contributed by atoms with E-state index in [2.05, 4.69) is 20.9 Å². The van der Waals surface area contributed by atoms with Gasteiger partial charge in [-0.05, 0) is 51.5 Å². The van der Waals surface area contributed by atoms with Crippen molar-refractivity contribution in [2.24, 2.45) is 0 Å². The zero-order chi connectivity index (χ0) is 14.9. The lowest BCUT2D eigenvalue weighted by Crippen LogP contribution is -2.16. The fourth-order valence-electron chi connectivity index (χ4n) is 1.55. The Balaban J connectivity index is 2.46. The Hall–Kier alpha value is -0.180. The number of hydrogen-bond donors (Lipinski definition) is 0. The maximum atomic E-state index is 14.2. The van der Waals surface area contributed by atoms with Gasteiger partial charge in [-0.15, -0.1) is 0 Å². The van der Waals surface area contributed by atoms with Gasteiger partial charge in [0.05, 0.1) is 15.6 Å². The zero-order valence-electron chi connectivity index (χ0n) is 10.7. The smallest absolute Gasteiger partial charge is 0.215 e. The molecule has 2 aromatic rings. The second-order valence-electron chi connectivity index (χ2n) is 4.18. The van der Waals surface area contributed by atoms with E-state index in [0.29, 0.717) is 21.5 Å². The molecule has 0 aliphatic rings. The van der Waals surface area contributed by atoms with Crippen LogP contribution in [0.25, 0.3) is 10.9 Å². The predicted molar refractivity (Wildman–Crippen MR) is 89.1 cm³/mol. The van der Waals surface area contributed by atoms with Crippen LogP contribution < -0.4 is 4.74 Å². The van der Waals surface area contributed by atoms with Crippen LogP contribution in [0.2, 0.25) is 5.02 Å². The van der Waals surface area contributed by atoms with E-state index in [1.54, 1.807) is 19.2 Å². The number of benzene rings is 1. The maximum Gasteiger partial charge on any atom is 0.215 e. The third-order valence-corrected chi connectivity index (χ3v) is 5.41. The highest BCUT2D eigenvalue weighted by Gasteiger charge is 2.15. The van der Waals surface area contributed by atoms with E-state index in [-0.39, 0.29) is 17.5 Å². The molecule has 0 saturated carbocycles. The summed E-state index contributed by atoms with van der Waals surface area (Å²) in [5, 5.41) is 0.961. The van der Waals surface area contributed by atoms with Gasteiger partial charge >= 0.3 is 0 Å². The molecule has 0 N–H and O–H groups in total. The van der Waals surface area contributed by atoms with Crippen LogP contribution in [-0.4, -0.2) is 24.8 Å². The molecule has 3 nitrogen and oxygen atoms in total. The molecule has 0 aliphatic carbocycles. The van der Waals surface area contributed by atoms with Gasteiger partial charge in [-0.3, -0.25) is 0 Å². The van der Waals surface area contributed by atoms with Crippen molar-refractivity contribution in [2.75, 3.05) is 13.7 Å². The number of methoxy groups -OCH3 is 1. The minimum Gasteiger partial charge on any atom is -0.475 e. The Bertz CT molecular complexity index is 656. The highest BCUT2D eigenvalue weighted by molar-refractivity contribution is 14.1. The predicted octanol–water partition coefficient (Wildman–Crippen LogP) is 4.81. The van der Waals surface area contributed by atoms with E-state index in [4.69, 9.17) is 21.1 Å². The summed E-state index contributed by atoms with van der Waals surface area (Å²) in [6.07, 6.45) is -0.0837. The van der Waals surface area contributed by atoms with E-state index < -0.39 is 5.82 Å². The van der Waals surface area contributed by atoms with Crippen molar-refractivity contribution < 1.29 is 13.9 Å². The van der Waals surface area contributed by atoms with E-state index in [1.807, 2.05) is 29.5 Å². The number of aromatic nitrogens is 1. The molecule has 0 fully saturated rings. The molecule has 20 heavy (non-hydrogen) atoms. The van der Waals surface area contributed by atoms with Gasteiger partial charge in [0.25, 0.3) is 0 Å². The van der Waals surface area contributed by atoms with E-state index in [9.17, 15) is 4.39 Å². The number of ether oxygens (including phenoxy) is 2. The van der Waals surface area contributed by atoms with Crippen LogP contribution in [0.5, 0.6) is 5.88 Å². The maximum absolute atomic E-state index is 14.2. The first-order valence-corrected chi connectivity index (χ1v) is 7.98. The van der Waals surface area contributed by atoms with Crippen LogP contribution in [0.1, 0.15) is 6.92 Å². The van der Waals surface area contributed by atoms with Gasteiger partial charge < -0.3 is 9.47 Å². The van der Waals surface area contributed by atoms with Gasteiger partial charge in [0.2, 0.25) is 5.88 Å². The van der Waals surface area contributed by atoms with Crippen molar-refractivity contribution in [1.29, 1.82) is 0 Å². The van der Waals surface area contributed by atoms with Gasteiger partial charge in [0.1, 0.15) is 12.1 Å². The summed E-state index contributed by atoms with van der Waals surface area (Å²) in [5.74, 6) is -0.169. The third-order valence-electron chi connectivity index (χ3n) is 2.73. The summed E-state index contributed by atoms with van der Waals surface area (Å²) in [4.78, 5) is 4.17. The topological polar surface area (TPSA) is 31.4 Å². The third kappa shape index (κ3) is 3.35. The minimum atomic E-state index is -0.445. The molecular formula is C13H11BrClFINO2. The molecule has 0 radical (unpaired) electrons. The number of nitrogens with zero attached hydrogens (tertiary/aromatic N) is 1. The number of halogens is 4. The molecule has 0 saturated heterocycles. The van der Waals surface area contributed by atoms with E-state index >= 15 is 0 Å². The standard InChI is InChI=1S/C13H11BrClFINO2/c1-6(19-2)5-20-10-4-8(15)7-3-9(17)11(14)12(16)13(7)18-10/h3-4,6H,5H2,1-2H3/t6-/m0/s1. The Morgan fingerprint density at radius 3 is 2.85 bits per heavy atom. The Labute approximate surface area is 143 Å². The average Bonchev–Trinajstić information content (AvgIpc) is 2.43. The van der Waals surface area contributed by atoms with Crippen molar-refractivity contribution in [3.8, 4) is 5.88 Å². The monoisotopic (exact) mass is 473 g/mol. The SMILES string of the molecule is CO[C@@H](C)COc1cc(Cl)c2cc(I)c(Br)c(F)c2n1. The molecule has 0 bridgehead atoms. The number of rotatable bonds is 4. The van der Waals surface area contributed by atoms with Crippen molar-refractivity contribution in [2.45, 2.75) is 13.0 Å². The molecule has 2 rings (SSSR count). The molecule has 1 heterocycles. The van der Waals surface area contributed by atoms with Gasteiger partial charge in [0, 0.05) is 22.1 Å². The molecule has 1 aromatic carbocycles. The minimum absolute atomic E-state index is 0.0837. The lowest BCUT2D eigenvalue weighted by atomic mass is 10.2. The van der Waals surface area contributed by atoms with E-state index in [0.717, 1.165) is 3.57 Å². The van der Waals surface area contributed by atoms with Crippen LogP contribution in [0.15, 0.2) is 16.6 Å². The average molecular weight is 474 g/mol. The second kappa shape index (κ2) is 6.72. The van der Waals surface area contributed by atoms with Crippen molar-refractivity contribution in [3.63, 3.8) is 0 Å². The van der Waals surface area contributed by atoms with Crippen molar-refractivity contribution >= 4 is 61.0 Å². The van der Waals surface area contributed by atoms with Crippen LogP contribution in [0.4, 0.5) is 4.39 Å². The van der Waals surface area contributed by atoms with Crippen LogP contribution in [-0.2, 0) is 4.74 Å². The van der Waals surface area contributed by atoms with Crippen molar-refractivity contribution in [1.82, 2.24) is 4.98 Å². The van der Waals surface area contributed by atoms with Gasteiger partial charge in [0.15, 0.2) is 5.82 Å². The highest BCUT2D eigenvalue weighted by Crippen LogP contribution is 2.34. The quantitative estimate of drug-likeness (QED) is 0.471. The first-order valence-electron chi connectivity index (χ1n) is 5.73. The number of pyridine rings is 1. The van der Waals surface area contributed by atoms with Crippen LogP contribution in [0, 0.1) is 9.39 Å². The normalized spacial score (nSPS) is 12.7. The Kier molecular flexibility index (Phi) is 5.44. The van der Waals surface area contributed by atoms with Crippen LogP contribution in [0.3, 0.4) is 0 Å². The summed E-state index contributed by atoms with van der Waals surface area (Å²) in [6.45, 7) is 2.18. The molecular weight excluding hydrogens is 463 g/mol. The fraction of sp³-hybridized carbons (Fsp3) is 0.308. The van der Waals surface area contributed by atoms with Crippen molar-refractivity contribution in [3.05, 3.63) is 31.0 Å². The Morgan fingerprint density at radius 2 is 2.20 bits per heavy atom. The lowest BCUT2D eigenvalue weighted by molar-refractivity contribution is 0.0700. The van der Waals surface area contributed by atoms with Gasteiger partial charge in [-0.2, -0.15) is 0 Å². The highest BCUT2D eigenvalue weighted by atomic mass is 127. The fourth-order valence-corrected chi connectivity index (χ4v) is 2.64. The summed E-state index contributed by atoms with van der Waals surface area (Å²) in [7, 11) is 1.59. The zero-order valence-corrected chi connectivity index (χ0v) is 15.2. The summed E-state index contributed by atoms with van der Waals surface area (Å²) in [5.41, 5.74) is 0.185. The number of fused-ring (bicyclic) bond motifs is 1. The molecule has 7 heteroatoms. The largest absolute Gasteiger partial charge is 0.475 e. The number of hydrogen-bond acceptors (Lipinski definition) is 3. The molecule has 108 valence electrons. The molecule has 1 aromatic heterocycles. The summed E-state index contributed by atoms with van der Waals surface area (Å²) >= 11 is 11.4. The Morgan fingerprint density at radius 1 is 1.50 bits per heavy atom. The van der Waals surface area contributed by atoms with Gasteiger partial charge in [-0.25, -0.2) is 9.37 Å². The van der Waals surface area contributed by atoms with Gasteiger partial charge in [-0.1, -0.05) is 11.6 Å². The first-order chi connectivity index (χ1) is 9.43.